The predicted octanol–water partition coefficient (Wildman–Crippen LogP) is 5.77. The maximum absolute atomic E-state index is 13.3. The Morgan fingerprint density at radius 3 is 2.34 bits per heavy atom. The molecule has 4 amide bonds. The van der Waals surface area contributed by atoms with E-state index in [2.05, 4.69) is 5.32 Å². The number of anilines is 1. The molecular weight excluding hydrogens is 508 g/mol. The van der Waals surface area contributed by atoms with Crippen molar-refractivity contribution >= 4 is 41.2 Å². The first-order chi connectivity index (χ1) is 18.4. The number of carbonyl (C=O) groups is 3. The zero-order valence-corrected chi connectivity index (χ0v) is 21.8. The van der Waals surface area contributed by atoms with Crippen LogP contribution in [0, 0.1) is 0 Å². The van der Waals surface area contributed by atoms with Gasteiger partial charge in [0.15, 0.2) is 11.5 Å². The Hall–Kier alpha value is -4.30. The summed E-state index contributed by atoms with van der Waals surface area (Å²) in [5.41, 5.74) is 1.46. The average Bonchev–Trinajstić information content (AvgIpc) is 2.91. The summed E-state index contributed by atoms with van der Waals surface area (Å²) in [6.07, 6.45) is 2.21. The maximum atomic E-state index is 13.3. The number of hydrogen-bond donors (Lipinski definition) is 1. The maximum Gasteiger partial charge on any atom is 0.335 e. The molecule has 0 spiro atoms. The third kappa shape index (κ3) is 6.15. The molecule has 0 bridgehead atoms. The first-order valence-electron chi connectivity index (χ1n) is 12.2. The summed E-state index contributed by atoms with van der Waals surface area (Å²) in [5, 5.41) is 2.47. The van der Waals surface area contributed by atoms with Crippen LogP contribution in [-0.4, -0.2) is 31.1 Å². The molecule has 1 aliphatic rings. The quantitative estimate of drug-likeness (QED) is 0.262. The van der Waals surface area contributed by atoms with Crippen LogP contribution >= 0.6 is 11.6 Å². The van der Waals surface area contributed by atoms with Crippen LogP contribution in [0.2, 0.25) is 5.02 Å². The summed E-state index contributed by atoms with van der Waals surface area (Å²) < 4.78 is 17.2. The van der Waals surface area contributed by atoms with Gasteiger partial charge in [0, 0.05) is 0 Å². The van der Waals surface area contributed by atoms with Gasteiger partial charge in [-0.2, -0.15) is 0 Å². The number of benzene rings is 3. The van der Waals surface area contributed by atoms with Crippen LogP contribution in [0.3, 0.4) is 0 Å². The van der Waals surface area contributed by atoms with E-state index in [-0.39, 0.29) is 17.2 Å². The molecule has 0 saturated carbocycles. The minimum Gasteiger partial charge on any atom is -0.494 e. The molecule has 3 aromatic carbocycles. The van der Waals surface area contributed by atoms with Crippen molar-refractivity contribution in [3.05, 3.63) is 88.5 Å². The Bertz CT molecular complexity index is 1360. The van der Waals surface area contributed by atoms with Gasteiger partial charge in [-0.05, 0) is 66.9 Å². The second-order valence-corrected chi connectivity index (χ2v) is 8.74. The number of rotatable bonds is 10. The summed E-state index contributed by atoms with van der Waals surface area (Å²) in [6.45, 7) is 4.98. The van der Waals surface area contributed by atoms with Crippen molar-refractivity contribution in [2.24, 2.45) is 0 Å². The SMILES string of the molecule is CCCOc1ccc(N2C(=O)NC(=O)/C(=C/c3cc(Cl)c(OCc4ccccc4)c(OCC)c3)C2=O)cc1. The van der Waals surface area contributed by atoms with Crippen molar-refractivity contribution in [1.82, 2.24) is 5.32 Å². The summed E-state index contributed by atoms with van der Waals surface area (Å²) in [5.74, 6) is -0.250. The molecular formula is C29H27ClN2O6. The number of carbonyl (C=O) groups excluding carboxylic acids is 3. The lowest BCUT2D eigenvalue weighted by Gasteiger charge is -2.26. The topological polar surface area (TPSA) is 94.2 Å². The van der Waals surface area contributed by atoms with Crippen LogP contribution in [0.4, 0.5) is 10.5 Å². The molecule has 4 rings (SSSR count). The molecule has 0 atom stereocenters. The molecule has 0 aromatic heterocycles. The van der Waals surface area contributed by atoms with E-state index in [9.17, 15) is 14.4 Å². The molecule has 1 aliphatic heterocycles. The van der Waals surface area contributed by atoms with Crippen molar-refractivity contribution < 1.29 is 28.6 Å². The van der Waals surface area contributed by atoms with Gasteiger partial charge in [-0.25, -0.2) is 9.69 Å². The van der Waals surface area contributed by atoms with Gasteiger partial charge in [0.2, 0.25) is 0 Å². The van der Waals surface area contributed by atoms with E-state index in [4.69, 9.17) is 25.8 Å². The van der Waals surface area contributed by atoms with Crippen LogP contribution < -0.4 is 24.4 Å². The third-order valence-corrected chi connectivity index (χ3v) is 5.82. The summed E-state index contributed by atoms with van der Waals surface area (Å²) >= 11 is 6.53. The highest BCUT2D eigenvalue weighted by atomic mass is 35.5. The Kier molecular flexibility index (Phi) is 8.66. The van der Waals surface area contributed by atoms with Gasteiger partial charge in [0.05, 0.1) is 23.9 Å². The van der Waals surface area contributed by atoms with E-state index in [0.29, 0.717) is 41.7 Å². The Balaban J connectivity index is 1.61. The number of nitrogens with zero attached hydrogens (tertiary/aromatic N) is 1. The minimum atomic E-state index is -0.836. The zero-order valence-electron chi connectivity index (χ0n) is 21.0. The number of nitrogens with one attached hydrogen (secondary N) is 1. The molecule has 0 aliphatic carbocycles. The van der Waals surface area contributed by atoms with E-state index in [1.54, 1.807) is 36.4 Å². The number of urea groups is 1. The second-order valence-electron chi connectivity index (χ2n) is 8.34. The van der Waals surface area contributed by atoms with Crippen molar-refractivity contribution in [2.75, 3.05) is 18.1 Å². The van der Waals surface area contributed by atoms with Crippen LogP contribution in [0.15, 0.2) is 72.3 Å². The molecule has 196 valence electrons. The fourth-order valence-corrected chi connectivity index (χ4v) is 4.05. The monoisotopic (exact) mass is 534 g/mol. The number of amides is 4. The van der Waals surface area contributed by atoms with E-state index in [1.165, 1.54) is 6.08 Å². The first kappa shape index (κ1) is 26.8. The Morgan fingerprint density at radius 2 is 1.66 bits per heavy atom. The van der Waals surface area contributed by atoms with Crippen molar-refractivity contribution in [2.45, 2.75) is 26.9 Å². The molecule has 3 aromatic rings. The molecule has 1 fully saturated rings. The average molecular weight is 535 g/mol. The number of halogens is 1. The van der Waals surface area contributed by atoms with Crippen molar-refractivity contribution in [3.8, 4) is 17.2 Å². The molecule has 1 heterocycles. The summed E-state index contributed by atoms with van der Waals surface area (Å²) in [7, 11) is 0. The van der Waals surface area contributed by atoms with E-state index in [1.807, 2.05) is 44.2 Å². The standard InChI is InChI=1S/C29H27ClN2O6/c1-3-14-37-22-12-10-21(11-13-22)32-28(34)23(27(33)31-29(32)35)15-20-16-24(30)26(25(17-20)36-4-2)38-18-19-8-6-5-7-9-19/h5-13,15-17H,3-4,14,18H2,1-2H3,(H,31,33,35)/b23-15-. The Labute approximate surface area is 225 Å². The fourth-order valence-electron chi connectivity index (χ4n) is 3.77. The lowest BCUT2D eigenvalue weighted by molar-refractivity contribution is -0.122. The molecule has 0 radical (unpaired) electrons. The second kappa shape index (κ2) is 12.3. The molecule has 1 N–H and O–H groups in total. The third-order valence-electron chi connectivity index (χ3n) is 5.54. The zero-order chi connectivity index (χ0) is 27.1. The molecule has 1 saturated heterocycles. The first-order valence-corrected chi connectivity index (χ1v) is 12.6. The normalized spacial score (nSPS) is 14.4. The lowest BCUT2D eigenvalue weighted by atomic mass is 10.1. The van der Waals surface area contributed by atoms with Crippen molar-refractivity contribution in [3.63, 3.8) is 0 Å². The van der Waals surface area contributed by atoms with Crippen molar-refractivity contribution in [1.29, 1.82) is 0 Å². The number of barbiturate groups is 1. The van der Waals surface area contributed by atoms with Gasteiger partial charge < -0.3 is 14.2 Å². The fraction of sp³-hybridized carbons (Fsp3) is 0.207. The van der Waals surface area contributed by atoms with Crippen LogP contribution in [0.25, 0.3) is 6.08 Å². The molecule has 9 heteroatoms. The number of imide groups is 2. The van der Waals surface area contributed by atoms with Gasteiger partial charge in [-0.15, -0.1) is 0 Å². The molecule has 0 unspecified atom stereocenters. The minimum absolute atomic E-state index is 0.229. The molecule has 8 nitrogen and oxygen atoms in total. The number of hydrogen-bond acceptors (Lipinski definition) is 6. The lowest BCUT2D eigenvalue weighted by Crippen LogP contribution is -2.54. The highest BCUT2D eigenvalue weighted by Gasteiger charge is 2.37. The summed E-state index contributed by atoms with van der Waals surface area (Å²) in [4.78, 5) is 39.4. The van der Waals surface area contributed by atoms with Crippen LogP contribution in [0.1, 0.15) is 31.4 Å². The number of ether oxygens (including phenoxy) is 3. The van der Waals surface area contributed by atoms with Gasteiger partial charge in [-0.3, -0.25) is 14.9 Å². The molecule has 38 heavy (non-hydrogen) atoms. The van der Waals surface area contributed by atoms with E-state index in [0.717, 1.165) is 16.9 Å². The van der Waals surface area contributed by atoms with E-state index >= 15 is 0 Å². The predicted molar refractivity (Wildman–Crippen MR) is 145 cm³/mol. The van der Waals surface area contributed by atoms with Crippen LogP contribution in [0.5, 0.6) is 17.2 Å². The van der Waals surface area contributed by atoms with Gasteiger partial charge in [0.25, 0.3) is 11.8 Å². The highest BCUT2D eigenvalue weighted by Crippen LogP contribution is 2.38. The smallest absolute Gasteiger partial charge is 0.335 e. The summed E-state index contributed by atoms with van der Waals surface area (Å²) in [6, 6.07) is 18.4. The Morgan fingerprint density at radius 1 is 0.921 bits per heavy atom. The highest BCUT2D eigenvalue weighted by molar-refractivity contribution is 6.39. The van der Waals surface area contributed by atoms with Gasteiger partial charge in [0.1, 0.15) is 17.9 Å². The van der Waals surface area contributed by atoms with Gasteiger partial charge >= 0.3 is 6.03 Å². The van der Waals surface area contributed by atoms with Gasteiger partial charge in [-0.1, -0.05) is 48.9 Å². The van der Waals surface area contributed by atoms with E-state index < -0.39 is 17.8 Å². The largest absolute Gasteiger partial charge is 0.494 e. The van der Waals surface area contributed by atoms with Crippen LogP contribution in [-0.2, 0) is 16.2 Å².